The average Bonchev–Trinajstić information content (AvgIpc) is 2.09. The molecule has 0 spiro atoms. The van der Waals surface area contributed by atoms with Crippen molar-refractivity contribution in [1.29, 1.82) is 0 Å². The molecule has 0 atom stereocenters. The largest absolute Gasteiger partial charge is 0.477 e. The third-order valence-corrected chi connectivity index (χ3v) is 1.56. The highest BCUT2D eigenvalue weighted by Gasteiger charge is 2.10. The van der Waals surface area contributed by atoms with Gasteiger partial charge in [-0.15, -0.1) is 6.58 Å². The smallest absolute Gasteiger partial charge is 0.352 e. The van der Waals surface area contributed by atoms with Crippen molar-refractivity contribution in [1.82, 2.24) is 9.55 Å². The number of nitrogens with one attached hydrogen (secondary N) is 1. The lowest BCUT2D eigenvalue weighted by molar-refractivity contribution is 0.0683. The Bertz CT molecular complexity index is 483. The molecule has 0 aliphatic rings. The van der Waals surface area contributed by atoms with Gasteiger partial charge < -0.3 is 5.11 Å². The van der Waals surface area contributed by atoms with Gasteiger partial charge in [-0.3, -0.25) is 14.3 Å². The van der Waals surface area contributed by atoms with Gasteiger partial charge in [0, 0.05) is 12.6 Å². The van der Waals surface area contributed by atoms with Gasteiger partial charge in [-0.25, -0.2) is 9.59 Å². The summed E-state index contributed by atoms with van der Waals surface area (Å²) in [4.78, 5) is 34.6. The predicted octanol–water partition coefficient (Wildman–Crippen LogP) is -0.579. The van der Waals surface area contributed by atoms with Crippen molar-refractivity contribution in [3.8, 4) is 0 Å². The van der Waals surface area contributed by atoms with Gasteiger partial charge in [-0.1, -0.05) is 6.08 Å². The number of nitrogens with zero attached hydrogens (tertiary/aromatic N) is 1. The minimum atomic E-state index is -1.32. The Morgan fingerprint density at radius 3 is 2.79 bits per heavy atom. The number of carboxylic acid groups (broad SMARTS) is 1. The molecular weight excluding hydrogens is 188 g/mol. The van der Waals surface area contributed by atoms with Crippen molar-refractivity contribution in [2.24, 2.45) is 0 Å². The van der Waals surface area contributed by atoms with Gasteiger partial charge in [-0.2, -0.15) is 0 Å². The second-order valence-corrected chi connectivity index (χ2v) is 2.53. The molecule has 1 rings (SSSR count). The number of aromatic nitrogens is 2. The normalized spacial score (nSPS) is 9.71. The van der Waals surface area contributed by atoms with Crippen molar-refractivity contribution >= 4 is 5.97 Å². The van der Waals surface area contributed by atoms with Gasteiger partial charge in [0.25, 0.3) is 5.56 Å². The first-order valence-electron chi connectivity index (χ1n) is 3.74. The maximum Gasteiger partial charge on any atom is 0.352 e. The van der Waals surface area contributed by atoms with Gasteiger partial charge in [0.2, 0.25) is 0 Å². The molecule has 1 aromatic heterocycles. The molecule has 1 aromatic rings. The highest BCUT2D eigenvalue weighted by atomic mass is 16.4. The van der Waals surface area contributed by atoms with Crippen molar-refractivity contribution in [2.75, 3.05) is 0 Å². The van der Waals surface area contributed by atoms with E-state index >= 15 is 0 Å². The molecule has 1 heterocycles. The molecule has 6 nitrogen and oxygen atoms in total. The molecule has 0 saturated carbocycles. The lowest BCUT2D eigenvalue weighted by atomic mass is 10.4. The van der Waals surface area contributed by atoms with E-state index < -0.39 is 17.2 Å². The van der Waals surface area contributed by atoms with Crippen LogP contribution in [0.25, 0.3) is 0 Å². The molecule has 74 valence electrons. The van der Waals surface area contributed by atoms with E-state index in [4.69, 9.17) is 5.11 Å². The number of aromatic carboxylic acids is 1. The zero-order valence-electron chi connectivity index (χ0n) is 7.19. The van der Waals surface area contributed by atoms with Crippen molar-refractivity contribution in [3.63, 3.8) is 0 Å². The Labute approximate surface area is 78.1 Å². The molecule has 0 amide bonds. The van der Waals surface area contributed by atoms with Crippen LogP contribution in [0.5, 0.6) is 0 Å². The quantitative estimate of drug-likeness (QED) is 0.632. The molecule has 0 bridgehead atoms. The standard InChI is InChI=1S/C8H8N2O4/c1-2-3-10-5(7(12)13)4-6(11)9-8(10)14/h2,4H,1,3H2,(H,12,13)(H,9,11,14). The lowest BCUT2D eigenvalue weighted by Crippen LogP contribution is -2.33. The number of H-pyrrole nitrogens is 1. The maximum atomic E-state index is 11.2. The molecular formula is C8H8N2O4. The first-order valence-corrected chi connectivity index (χ1v) is 3.74. The summed E-state index contributed by atoms with van der Waals surface area (Å²) < 4.78 is 0.913. The zero-order chi connectivity index (χ0) is 10.7. The van der Waals surface area contributed by atoms with Crippen LogP contribution < -0.4 is 11.2 Å². The minimum Gasteiger partial charge on any atom is -0.477 e. The minimum absolute atomic E-state index is 0.0389. The number of rotatable bonds is 3. The Kier molecular flexibility index (Phi) is 2.66. The van der Waals surface area contributed by atoms with Gasteiger partial charge >= 0.3 is 11.7 Å². The molecule has 0 saturated heterocycles. The topological polar surface area (TPSA) is 92.2 Å². The number of aromatic amines is 1. The average molecular weight is 196 g/mol. The fourth-order valence-electron chi connectivity index (χ4n) is 1.01. The number of hydrogen-bond acceptors (Lipinski definition) is 3. The summed E-state index contributed by atoms with van der Waals surface area (Å²) in [5.74, 6) is -1.32. The highest BCUT2D eigenvalue weighted by Crippen LogP contribution is 1.92. The maximum absolute atomic E-state index is 11.2. The summed E-state index contributed by atoms with van der Waals surface area (Å²) in [5, 5.41) is 8.69. The summed E-state index contributed by atoms with van der Waals surface area (Å²) in [7, 11) is 0. The summed E-state index contributed by atoms with van der Waals surface area (Å²) in [6.45, 7) is 3.41. The molecule has 0 unspecified atom stereocenters. The fraction of sp³-hybridized carbons (Fsp3) is 0.125. The highest BCUT2D eigenvalue weighted by molar-refractivity contribution is 5.85. The van der Waals surface area contributed by atoms with Crippen LogP contribution in [0.2, 0.25) is 0 Å². The van der Waals surface area contributed by atoms with Crippen LogP contribution in [0, 0.1) is 0 Å². The number of carbonyl (C=O) groups is 1. The summed E-state index contributed by atoms with van der Waals surface area (Å²) in [5.41, 5.74) is -1.83. The van der Waals surface area contributed by atoms with Crippen LogP contribution >= 0.6 is 0 Å². The predicted molar refractivity (Wildman–Crippen MR) is 48.5 cm³/mol. The summed E-state index contributed by atoms with van der Waals surface area (Å²) >= 11 is 0. The van der Waals surface area contributed by atoms with Gasteiger partial charge in [0.05, 0.1) is 0 Å². The van der Waals surface area contributed by atoms with Crippen LogP contribution in [0.3, 0.4) is 0 Å². The molecule has 0 aliphatic carbocycles. The van der Waals surface area contributed by atoms with Crippen molar-refractivity contribution < 1.29 is 9.90 Å². The van der Waals surface area contributed by atoms with Gasteiger partial charge in [-0.05, 0) is 0 Å². The summed E-state index contributed by atoms with van der Waals surface area (Å²) in [6.07, 6.45) is 1.37. The first-order chi connectivity index (χ1) is 6.56. The number of allylic oxidation sites excluding steroid dienone is 1. The van der Waals surface area contributed by atoms with Crippen LogP contribution in [0.4, 0.5) is 0 Å². The zero-order valence-corrected chi connectivity index (χ0v) is 7.19. The second kappa shape index (κ2) is 3.73. The molecule has 0 radical (unpaired) electrons. The lowest BCUT2D eigenvalue weighted by Gasteiger charge is -2.04. The number of carboxylic acids is 1. The molecule has 2 N–H and O–H groups in total. The molecule has 14 heavy (non-hydrogen) atoms. The monoisotopic (exact) mass is 196 g/mol. The first kappa shape index (κ1) is 9.97. The molecule has 0 fully saturated rings. The third kappa shape index (κ3) is 1.79. The van der Waals surface area contributed by atoms with E-state index in [0.29, 0.717) is 0 Å². The third-order valence-electron chi connectivity index (χ3n) is 1.56. The van der Waals surface area contributed by atoms with Crippen molar-refractivity contribution in [3.05, 3.63) is 45.3 Å². The Morgan fingerprint density at radius 2 is 2.29 bits per heavy atom. The SMILES string of the molecule is C=CCn1c(C(=O)O)cc(=O)[nH]c1=O. The Balaban J connectivity index is 3.52. The Morgan fingerprint density at radius 1 is 1.64 bits per heavy atom. The van der Waals surface area contributed by atoms with E-state index in [0.717, 1.165) is 10.6 Å². The van der Waals surface area contributed by atoms with Crippen LogP contribution in [0.1, 0.15) is 10.5 Å². The van der Waals surface area contributed by atoms with Crippen molar-refractivity contribution in [2.45, 2.75) is 6.54 Å². The van der Waals surface area contributed by atoms with E-state index in [2.05, 4.69) is 6.58 Å². The molecule has 0 aliphatic heterocycles. The van der Waals surface area contributed by atoms with E-state index in [1.165, 1.54) is 6.08 Å². The van der Waals surface area contributed by atoms with Gasteiger partial charge in [0.15, 0.2) is 0 Å². The van der Waals surface area contributed by atoms with E-state index in [9.17, 15) is 14.4 Å². The fourth-order valence-corrected chi connectivity index (χ4v) is 1.01. The summed E-state index contributed by atoms with van der Waals surface area (Å²) in [6, 6.07) is 0.854. The van der Waals surface area contributed by atoms with Crippen LogP contribution in [0.15, 0.2) is 28.3 Å². The van der Waals surface area contributed by atoms with E-state index in [-0.39, 0.29) is 12.2 Å². The van der Waals surface area contributed by atoms with Crippen LogP contribution in [-0.4, -0.2) is 20.6 Å². The van der Waals surface area contributed by atoms with Gasteiger partial charge in [0.1, 0.15) is 5.69 Å². The molecule has 6 heteroatoms. The number of hydrogen-bond donors (Lipinski definition) is 2. The van der Waals surface area contributed by atoms with E-state index in [1.54, 1.807) is 0 Å². The second-order valence-electron chi connectivity index (χ2n) is 2.53. The van der Waals surface area contributed by atoms with Crippen LogP contribution in [-0.2, 0) is 6.54 Å². The Hall–Kier alpha value is -2.11. The molecule has 0 aromatic carbocycles. The van der Waals surface area contributed by atoms with E-state index in [1.807, 2.05) is 4.98 Å².